The molecule has 1 aromatic carbocycles. The number of hydrogen-bond acceptors (Lipinski definition) is 3. The van der Waals surface area contributed by atoms with Crippen LogP contribution in [-0.4, -0.2) is 35.6 Å². The molecule has 0 spiro atoms. The van der Waals surface area contributed by atoms with Crippen molar-refractivity contribution in [2.24, 2.45) is 5.73 Å². The monoisotopic (exact) mass is 286 g/mol. The van der Waals surface area contributed by atoms with E-state index in [1.54, 1.807) is 0 Å². The lowest BCUT2D eigenvalue weighted by atomic mass is 10.1. The van der Waals surface area contributed by atoms with Crippen LogP contribution in [0.4, 0.5) is 0 Å². The van der Waals surface area contributed by atoms with E-state index in [0.29, 0.717) is 12.6 Å². The van der Waals surface area contributed by atoms with Gasteiger partial charge in [-0.3, -0.25) is 4.90 Å². The van der Waals surface area contributed by atoms with Crippen molar-refractivity contribution >= 4 is 10.9 Å². The number of piperazine rings is 1. The Balaban J connectivity index is 2.01. The Labute approximate surface area is 126 Å². The molecule has 1 saturated heterocycles. The van der Waals surface area contributed by atoms with Crippen LogP contribution in [0.15, 0.2) is 24.3 Å². The first-order valence-corrected chi connectivity index (χ1v) is 7.95. The average molecular weight is 286 g/mol. The van der Waals surface area contributed by atoms with Crippen molar-refractivity contribution in [3.63, 3.8) is 0 Å². The molecule has 2 heterocycles. The number of fused-ring (bicyclic) bond motifs is 1. The van der Waals surface area contributed by atoms with Crippen LogP contribution < -0.4 is 11.1 Å². The van der Waals surface area contributed by atoms with Crippen molar-refractivity contribution in [3.8, 4) is 0 Å². The molecule has 0 amide bonds. The molecular weight excluding hydrogens is 260 g/mol. The summed E-state index contributed by atoms with van der Waals surface area (Å²) in [6.45, 7) is 10.6. The maximum absolute atomic E-state index is 5.91. The molecule has 1 aliphatic heterocycles. The van der Waals surface area contributed by atoms with Gasteiger partial charge in [0.2, 0.25) is 0 Å². The number of aromatic nitrogens is 1. The van der Waals surface area contributed by atoms with Crippen molar-refractivity contribution in [2.45, 2.75) is 33.0 Å². The predicted octanol–water partition coefficient (Wildman–Crippen LogP) is 2.09. The third-order valence-corrected chi connectivity index (χ3v) is 4.38. The van der Waals surface area contributed by atoms with E-state index in [9.17, 15) is 0 Å². The van der Waals surface area contributed by atoms with Crippen molar-refractivity contribution in [1.82, 2.24) is 14.8 Å². The van der Waals surface area contributed by atoms with Crippen LogP contribution in [0.3, 0.4) is 0 Å². The summed E-state index contributed by atoms with van der Waals surface area (Å²) in [5, 5.41) is 4.74. The van der Waals surface area contributed by atoms with Gasteiger partial charge in [0.25, 0.3) is 0 Å². The third-order valence-electron chi connectivity index (χ3n) is 4.38. The molecule has 3 rings (SSSR count). The van der Waals surface area contributed by atoms with Crippen LogP contribution in [0.25, 0.3) is 10.9 Å². The zero-order valence-corrected chi connectivity index (χ0v) is 13.1. The van der Waals surface area contributed by atoms with E-state index in [0.717, 1.165) is 32.7 Å². The van der Waals surface area contributed by atoms with Crippen molar-refractivity contribution in [1.29, 1.82) is 0 Å². The number of nitrogens with one attached hydrogen (secondary N) is 1. The van der Waals surface area contributed by atoms with E-state index >= 15 is 0 Å². The minimum atomic E-state index is 0.466. The lowest BCUT2D eigenvalue weighted by molar-refractivity contribution is 0.227. The molecule has 0 unspecified atom stereocenters. The van der Waals surface area contributed by atoms with Crippen LogP contribution in [0, 0.1) is 0 Å². The second kappa shape index (κ2) is 6.18. The Hall–Kier alpha value is -1.36. The number of benzene rings is 1. The Morgan fingerprint density at radius 2 is 2.00 bits per heavy atom. The number of nitrogens with two attached hydrogens (primary N) is 1. The van der Waals surface area contributed by atoms with Crippen molar-refractivity contribution in [3.05, 3.63) is 35.5 Å². The summed E-state index contributed by atoms with van der Waals surface area (Å²) in [6, 6.07) is 9.29. The summed E-state index contributed by atoms with van der Waals surface area (Å²) in [5.74, 6) is 0. The standard InChI is InChI=1S/C17H26N4/c1-13(2)21-15(12-20-8-6-19-7-9-20)10-16-14(11-18)4-3-5-17(16)21/h3-5,10,13,19H,6-9,11-12,18H2,1-2H3. The summed E-state index contributed by atoms with van der Waals surface area (Å²) < 4.78 is 2.47. The van der Waals surface area contributed by atoms with Crippen LogP contribution in [-0.2, 0) is 13.1 Å². The number of rotatable bonds is 4. The Bertz CT molecular complexity index is 609. The van der Waals surface area contributed by atoms with E-state index in [-0.39, 0.29) is 0 Å². The van der Waals surface area contributed by atoms with Crippen LogP contribution in [0.5, 0.6) is 0 Å². The summed E-state index contributed by atoms with van der Waals surface area (Å²) in [4.78, 5) is 2.53. The number of nitrogens with zero attached hydrogens (tertiary/aromatic N) is 2. The third kappa shape index (κ3) is 2.84. The quantitative estimate of drug-likeness (QED) is 0.904. The predicted molar refractivity (Wildman–Crippen MR) is 88.4 cm³/mol. The molecule has 0 radical (unpaired) electrons. The molecular formula is C17H26N4. The molecule has 1 fully saturated rings. The average Bonchev–Trinajstić information content (AvgIpc) is 2.86. The fourth-order valence-electron chi connectivity index (χ4n) is 3.38. The fraction of sp³-hybridized carbons (Fsp3) is 0.529. The van der Waals surface area contributed by atoms with Gasteiger partial charge in [0.15, 0.2) is 0 Å². The lowest BCUT2D eigenvalue weighted by Gasteiger charge is -2.28. The van der Waals surface area contributed by atoms with Gasteiger partial charge < -0.3 is 15.6 Å². The van der Waals surface area contributed by atoms with Gasteiger partial charge in [0.05, 0.1) is 0 Å². The highest BCUT2D eigenvalue weighted by molar-refractivity contribution is 5.85. The molecule has 0 atom stereocenters. The largest absolute Gasteiger partial charge is 0.341 e. The first-order valence-electron chi connectivity index (χ1n) is 7.95. The Morgan fingerprint density at radius 1 is 1.24 bits per heavy atom. The SMILES string of the molecule is CC(C)n1c(CN2CCNCC2)cc2c(CN)cccc21. The first-order chi connectivity index (χ1) is 10.2. The fourth-order valence-corrected chi connectivity index (χ4v) is 3.38. The maximum atomic E-state index is 5.91. The van der Waals surface area contributed by atoms with Crippen LogP contribution in [0.1, 0.15) is 31.1 Å². The minimum absolute atomic E-state index is 0.466. The van der Waals surface area contributed by atoms with Gasteiger partial charge in [-0.25, -0.2) is 0 Å². The van der Waals surface area contributed by atoms with Crippen molar-refractivity contribution in [2.75, 3.05) is 26.2 Å². The van der Waals surface area contributed by atoms with E-state index in [1.165, 1.54) is 22.2 Å². The van der Waals surface area contributed by atoms with Gasteiger partial charge in [0.1, 0.15) is 0 Å². The lowest BCUT2D eigenvalue weighted by Crippen LogP contribution is -2.43. The highest BCUT2D eigenvalue weighted by atomic mass is 15.2. The van der Waals surface area contributed by atoms with E-state index in [1.807, 2.05) is 0 Å². The smallest absolute Gasteiger partial charge is 0.0488 e. The molecule has 0 bridgehead atoms. The Kier molecular flexibility index (Phi) is 4.29. The molecule has 21 heavy (non-hydrogen) atoms. The second-order valence-corrected chi connectivity index (χ2v) is 6.18. The summed E-state index contributed by atoms with van der Waals surface area (Å²) in [6.07, 6.45) is 0. The highest BCUT2D eigenvalue weighted by Crippen LogP contribution is 2.27. The van der Waals surface area contributed by atoms with Gasteiger partial charge in [-0.1, -0.05) is 12.1 Å². The Morgan fingerprint density at radius 3 is 2.67 bits per heavy atom. The van der Waals surface area contributed by atoms with Gasteiger partial charge in [-0.2, -0.15) is 0 Å². The molecule has 4 nitrogen and oxygen atoms in total. The molecule has 4 heteroatoms. The summed E-state index contributed by atoms with van der Waals surface area (Å²) in [7, 11) is 0. The minimum Gasteiger partial charge on any atom is -0.341 e. The molecule has 3 N–H and O–H groups in total. The van der Waals surface area contributed by atoms with Crippen molar-refractivity contribution < 1.29 is 0 Å². The van der Waals surface area contributed by atoms with Gasteiger partial charge in [-0.15, -0.1) is 0 Å². The van der Waals surface area contributed by atoms with Gasteiger partial charge >= 0.3 is 0 Å². The van der Waals surface area contributed by atoms with Crippen LogP contribution >= 0.6 is 0 Å². The van der Waals surface area contributed by atoms with E-state index in [4.69, 9.17) is 5.73 Å². The molecule has 0 aliphatic carbocycles. The molecule has 1 aliphatic rings. The zero-order valence-electron chi connectivity index (χ0n) is 13.1. The van der Waals surface area contributed by atoms with Gasteiger partial charge in [0, 0.05) is 61.9 Å². The summed E-state index contributed by atoms with van der Waals surface area (Å²) >= 11 is 0. The molecule has 114 valence electrons. The first kappa shape index (κ1) is 14.6. The highest BCUT2D eigenvalue weighted by Gasteiger charge is 2.17. The maximum Gasteiger partial charge on any atom is 0.0488 e. The molecule has 1 aromatic heterocycles. The topological polar surface area (TPSA) is 46.2 Å². The van der Waals surface area contributed by atoms with E-state index in [2.05, 4.69) is 52.9 Å². The van der Waals surface area contributed by atoms with Crippen LogP contribution in [0.2, 0.25) is 0 Å². The summed E-state index contributed by atoms with van der Waals surface area (Å²) in [5.41, 5.74) is 9.87. The molecule has 0 saturated carbocycles. The normalized spacial score (nSPS) is 17.0. The molecule has 2 aromatic rings. The van der Waals surface area contributed by atoms with E-state index < -0.39 is 0 Å². The zero-order chi connectivity index (χ0) is 14.8. The second-order valence-electron chi connectivity index (χ2n) is 6.18. The van der Waals surface area contributed by atoms with Gasteiger partial charge in [-0.05, 0) is 31.5 Å². The number of hydrogen-bond donors (Lipinski definition) is 2.